The van der Waals surface area contributed by atoms with Crippen LogP contribution < -0.4 is 15.0 Å². The molecule has 39 heavy (non-hydrogen) atoms. The lowest BCUT2D eigenvalue weighted by Gasteiger charge is -2.34. The van der Waals surface area contributed by atoms with Crippen LogP contribution in [0.4, 0.5) is 19.0 Å². The maximum absolute atomic E-state index is 16.4. The van der Waals surface area contributed by atoms with Crippen LogP contribution in [0.25, 0.3) is 32.8 Å². The number of hydrogen-bond acceptors (Lipinski definition) is 6. The number of alkyl halides is 2. The van der Waals surface area contributed by atoms with Crippen molar-refractivity contribution in [3.63, 3.8) is 0 Å². The van der Waals surface area contributed by atoms with Crippen molar-refractivity contribution in [3.05, 3.63) is 54.3 Å². The Kier molecular flexibility index (Phi) is 5.80. The summed E-state index contributed by atoms with van der Waals surface area (Å²) in [4.78, 5) is 11.3. The van der Waals surface area contributed by atoms with E-state index in [0.717, 1.165) is 36.7 Å². The molecule has 2 N–H and O–H groups in total. The molecule has 1 aliphatic carbocycles. The minimum absolute atomic E-state index is 0.00425. The topological polar surface area (TPSA) is 70.5 Å². The smallest absolute Gasteiger partial charge is 0.319 e. The number of ether oxygens (including phenoxy) is 1. The second-order valence-electron chi connectivity index (χ2n) is 11.2. The van der Waals surface area contributed by atoms with Gasteiger partial charge in [-0.15, -0.1) is 0 Å². The molecule has 0 amide bonds. The van der Waals surface area contributed by atoms with Crippen LogP contribution in [0.2, 0.25) is 0 Å². The van der Waals surface area contributed by atoms with Gasteiger partial charge in [-0.2, -0.15) is 9.97 Å². The van der Waals surface area contributed by atoms with Crippen LogP contribution in [0.5, 0.6) is 11.8 Å². The number of nitrogens with zero attached hydrogens (tertiary/aromatic N) is 3. The van der Waals surface area contributed by atoms with Crippen molar-refractivity contribution in [1.29, 1.82) is 0 Å². The number of anilines is 1. The number of aromatic hydroxyl groups is 1. The highest BCUT2D eigenvalue weighted by Gasteiger charge is 2.40. The normalized spacial score (nSPS) is 24.1. The van der Waals surface area contributed by atoms with Crippen molar-refractivity contribution in [3.8, 4) is 22.9 Å². The molecule has 1 saturated carbocycles. The molecule has 202 valence electrons. The first-order valence-electron chi connectivity index (χ1n) is 13.6. The number of piperazine rings is 1. The Morgan fingerprint density at radius 3 is 2.54 bits per heavy atom. The van der Waals surface area contributed by atoms with Gasteiger partial charge in [-0.3, -0.25) is 0 Å². The van der Waals surface area contributed by atoms with Gasteiger partial charge >= 0.3 is 6.01 Å². The van der Waals surface area contributed by atoms with Gasteiger partial charge in [0.1, 0.15) is 17.1 Å². The lowest BCUT2D eigenvalue weighted by atomic mass is 9.96. The van der Waals surface area contributed by atoms with Crippen molar-refractivity contribution < 1.29 is 23.0 Å². The molecule has 2 bridgehead atoms. The average molecular weight is 535 g/mol. The highest BCUT2D eigenvalue weighted by molar-refractivity contribution is 6.01. The summed E-state index contributed by atoms with van der Waals surface area (Å²) in [6.45, 7) is 1.53. The molecule has 4 aromatic rings. The summed E-state index contributed by atoms with van der Waals surface area (Å²) in [7, 11) is 0. The minimum atomic E-state index is -2.67. The van der Waals surface area contributed by atoms with E-state index >= 15 is 4.39 Å². The summed E-state index contributed by atoms with van der Waals surface area (Å²) in [6.07, 6.45) is 2.15. The molecule has 9 heteroatoms. The van der Waals surface area contributed by atoms with Crippen LogP contribution in [-0.2, 0) is 0 Å². The number of phenolic OH excluding ortho intramolecular Hbond substituents is 1. The van der Waals surface area contributed by atoms with E-state index in [0.29, 0.717) is 40.8 Å². The molecule has 1 aromatic heterocycles. The lowest BCUT2D eigenvalue weighted by molar-refractivity contribution is 0.00273. The fourth-order valence-electron chi connectivity index (χ4n) is 6.50. The van der Waals surface area contributed by atoms with Crippen LogP contribution in [0.3, 0.4) is 0 Å². The van der Waals surface area contributed by atoms with Crippen LogP contribution in [-0.4, -0.2) is 52.8 Å². The quantitative estimate of drug-likeness (QED) is 0.325. The molecule has 1 unspecified atom stereocenters. The largest absolute Gasteiger partial charge is 0.508 e. The second-order valence-corrected chi connectivity index (χ2v) is 11.2. The van der Waals surface area contributed by atoms with E-state index in [-0.39, 0.29) is 42.6 Å². The maximum atomic E-state index is 16.4. The van der Waals surface area contributed by atoms with E-state index in [2.05, 4.69) is 15.2 Å². The molecule has 3 aromatic carbocycles. The Hall–Kier alpha value is -3.59. The van der Waals surface area contributed by atoms with Gasteiger partial charge < -0.3 is 20.1 Å². The van der Waals surface area contributed by atoms with Gasteiger partial charge in [0.15, 0.2) is 5.82 Å². The average Bonchev–Trinajstić information content (AvgIpc) is 3.45. The predicted octanol–water partition coefficient (Wildman–Crippen LogP) is 6.05. The highest BCUT2D eigenvalue weighted by Crippen LogP contribution is 2.41. The van der Waals surface area contributed by atoms with E-state index in [1.807, 2.05) is 30.3 Å². The standard InChI is InChI=1S/C30H29F3N4O2/c31-26-23(25-12-21(38)11-18-3-1-2-4-22(18)25)7-8-24-27(26)35-29(39-16-17-9-10-30(32,33)13-17)36-28(24)37-14-19-5-6-20(15-37)34-19/h1-4,7-8,11-12,17,19-20,34,38H,5-6,9-10,13-16H2/t17?,19-,20+. The molecular weight excluding hydrogens is 505 g/mol. The number of phenols is 1. The zero-order chi connectivity index (χ0) is 26.7. The monoisotopic (exact) mass is 534 g/mol. The summed E-state index contributed by atoms with van der Waals surface area (Å²) in [5.74, 6) is -2.87. The minimum Gasteiger partial charge on any atom is -0.508 e. The molecule has 7 rings (SSSR count). The zero-order valence-electron chi connectivity index (χ0n) is 21.3. The summed E-state index contributed by atoms with van der Waals surface area (Å²) >= 11 is 0. The van der Waals surface area contributed by atoms with Gasteiger partial charge in [-0.1, -0.05) is 30.3 Å². The SMILES string of the molecule is Oc1cc(-c2ccc3c(N4C[C@H]5CC[C@@H](C4)N5)nc(OCC4CCC(F)(F)C4)nc3c2F)c2ccccc2c1. The van der Waals surface area contributed by atoms with Crippen molar-refractivity contribution >= 4 is 27.5 Å². The maximum Gasteiger partial charge on any atom is 0.319 e. The van der Waals surface area contributed by atoms with Crippen LogP contribution in [0, 0.1) is 11.7 Å². The number of halogens is 3. The van der Waals surface area contributed by atoms with E-state index in [9.17, 15) is 13.9 Å². The molecule has 3 fully saturated rings. The second kappa shape index (κ2) is 9.26. The lowest BCUT2D eigenvalue weighted by Crippen LogP contribution is -2.51. The third-order valence-corrected chi connectivity index (χ3v) is 8.37. The number of rotatable bonds is 5. The summed E-state index contributed by atoms with van der Waals surface area (Å²) in [5, 5.41) is 16.1. The molecule has 0 radical (unpaired) electrons. The third kappa shape index (κ3) is 4.52. The van der Waals surface area contributed by atoms with Crippen LogP contribution >= 0.6 is 0 Å². The molecular formula is C30H29F3N4O2. The molecule has 2 aliphatic heterocycles. The first kappa shape index (κ1) is 24.5. The van der Waals surface area contributed by atoms with Crippen LogP contribution in [0.1, 0.15) is 32.1 Å². The van der Waals surface area contributed by atoms with Gasteiger partial charge in [-0.25, -0.2) is 13.2 Å². The number of nitrogens with one attached hydrogen (secondary N) is 1. The number of aromatic nitrogens is 2. The first-order valence-corrected chi connectivity index (χ1v) is 13.6. The van der Waals surface area contributed by atoms with E-state index in [1.165, 1.54) is 0 Å². The molecule has 3 aliphatic rings. The van der Waals surface area contributed by atoms with Gasteiger partial charge in [0.2, 0.25) is 5.92 Å². The summed E-state index contributed by atoms with van der Waals surface area (Å²) in [6, 6.07) is 14.9. The van der Waals surface area contributed by atoms with Crippen molar-refractivity contribution in [2.45, 2.75) is 50.1 Å². The van der Waals surface area contributed by atoms with E-state index in [4.69, 9.17) is 9.72 Å². The van der Waals surface area contributed by atoms with Crippen molar-refractivity contribution in [2.75, 3.05) is 24.6 Å². The number of benzene rings is 3. The Morgan fingerprint density at radius 1 is 0.974 bits per heavy atom. The fraction of sp³-hybridized carbons (Fsp3) is 0.400. The number of fused-ring (bicyclic) bond motifs is 4. The number of hydrogen-bond donors (Lipinski definition) is 2. The van der Waals surface area contributed by atoms with Crippen molar-refractivity contribution in [2.24, 2.45) is 5.92 Å². The Balaban J connectivity index is 1.33. The van der Waals surface area contributed by atoms with Gasteiger partial charge in [-0.05, 0) is 59.7 Å². The third-order valence-electron chi connectivity index (χ3n) is 8.37. The Bertz CT molecular complexity index is 1570. The van der Waals surface area contributed by atoms with E-state index in [1.54, 1.807) is 18.2 Å². The first-order chi connectivity index (χ1) is 18.8. The van der Waals surface area contributed by atoms with Crippen molar-refractivity contribution in [1.82, 2.24) is 15.3 Å². The fourth-order valence-corrected chi connectivity index (χ4v) is 6.50. The van der Waals surface area contributed by atoms with Gasteiger partial charge in [0, 0.05) is 49.0 Å². The summed E-state index contributed by atoms with van der Waals surface area (Å²) < 4.78 is 49.8. The molecule has 6 nitrogen and oxygen atoms in total. The van der Waals surface area contributed by atoms with Crippen LogP contribution in [0.15, 0.2) is 48.5 Å². The van der Waals surface area contributed by atoms with Gasteiger partial charge in [0.05, 0.1) is 6.61 Å². The van der Waals surface area contributed by atoms with Gasteiger partial charge in [0.25, 0.3) is 0 Å². The Labute approximate surface area is 223 Å². The molecule has 3 atom stereocenters. The molecule has 3 heterocycles. The zero-order valence-corrected chi connectivity index (χ0v) is 21.3. The molecule has 0 spiro atoms. The predicted molar refractivity (Wildman–Crippen MR) is 144 cm³/mol. The molecule has 2 saturated heterocycles. The van der Waals surface area contributed by atoms with E-state index < -0.39 is 11.7 Å². The highest BCUT2D eigenvalue weighted by atomic mass is 19.3. The Morgan fingerprint density at radius 2 is 1.77 bits per heavy atom. The summed E-state index contributed by atoms with van der Waals surface area (Å²) in [5.41, 5.74) is 0.976.